The van der Waals surface area contributed by atoms with Gasteiger partial charge < -0.3 is 19.5 Å². The van der Waals surface area contributed by atoms with Crippen molar-refractivity contribution in [3.8, 4) is 17.2 Å². The SMILES string of the molecule is COc1cc(C(=O)NNC(=S)Nc2cccc(Cl)c2C)cc(OC)c1OC. The highest BCUT2D eigenvalue weighted by atomic mass is 35.5. The number of carbonyl (C=O) groups is 1. The summed E-state index contributed by atoms with van der Waals surface area (Å²) in [5.74, 6) is 0.717. The molecule has 0 spiro atoms. The minimum Gasteiger partial charge on any atom is -0.493 e. The third-order valence-corrected chi connectivity index (χ3v) is 4.35. The van der Waals surface area contributed by atoms with Gasteiger partial charge in [0.25, 0.3) is 5.91 Å². The number of anilines is 1. The predicted molar refractivity (Wildman–Crippen MR) is 109 cm³/mol. The van der Waals surface area contributed by atoms with Crippen molar-refractivity contribution in [1.82, 2.24) is 10.9 Å². The number of rotatable bonds is 5. The van der Waals surface area contributed by atoms with Gasteiger partial charge in [0.05, 0.1) is 21.3 Å². The van der Waals surface area contributed by atoms with Crippen molar-refractivity contribution in [2.24, 2.45) is 0 Å². The summed E-state index contributed by atoms with van der Waals surface area (Å²) in [6.07, 6.45) is 0. The fourth-order valence-electron chi connectivity index (χ4n) is 2.29. The van der Waals surface area contributed by atoms with E-state index in [9.17, 15) is 4.79 Å². The number of benzene rings is 2. The topological polar surface area (TPSA) is 80.9 Å². The van der Waals surface area contributed by atoms with Crippen LogP contribution in [0, 0.1) is 6.92 Å². The first-order chi connectivity index (χ1) is 12.9. The number of halogens is 1. The van der Waals surface area contributed by atoms with Gasteiger partial charge >= 0.3 is 0 Å². The molecule has 0 bridgehead atoms. The molecule has 0 aliphatic heterocycles. The highest BCUT2D eigenvalue weighted by Gasteiger charge is 2.17. The van der Waals surface area contributed by atoms with Crippen LogP contribution in [0.5, 0.6) is 17.2 Å². The highest BCUT2D eigenvalue weighted by molar-refractivity contribution is 7.80. The Labute approximate surface area is 167 Å². The molecule has 0 aliphatic carbocycles. The Kier molecular flexibility index (Phi) is 7.09. The molecule has 0 fully saturated rings. The van der Waals surface area contributed by atoms with Gasteiger partial charge in [-0.1, -0.05) is 17.7 Å². The fourth-order valence-corrected chi connectivity index (χ4v) is 2.63. The van der Waals surface area contributed by atoms with Crippen molar-refractivity contribution >= 4 is 40.5 Å². The molecule has 0 atom stereocenters. The minimum atomic E-state index is -0.429. The van der Waals surface area contributed by atoms with Gasteiger partial charge in [0, 0.05) is 16.3 Å². The van der Waals surface area contributed by atoms with E-state index in [4.69, 9.17) is 38.0 Å². The van der Waals surface area contributed by atoms with Crippen molar-refractivity contribution < 1.29 is 19.0 Å². The van der Waals surface area contributed by atoms with E-state index in [1.807, 2.05) is 13.0 Å². The lowest BCUT2D eigenvalue weighted by Crippen LogP contribution is -2.43. The first-order valence-corrected chi connectivity index (χ1v) is 8.62. The molecule has 0 radical (unpaired) electrons. The van der Waals surface area contributed by atoms with E-state index in [2.05, 4.69) is 16.2 Å². The second kappa shape index (κ2) is 9.29. The number of carbonyl (C=O) groups excluding carboxylic acids is 1. The second-order valence-electron chi connectivity index (χ2n) is 5.36. The number of methoxy groups -OCH3 is 3. The average molecular weight is 410 g/mol. The molecule has 7 nitrogen and oxygen atoms in total. The molecule has 0 heterocycles. The molecule has 27 heavy (non-hydrogen) atoms. The van der Waals surface area contributed by atoms with Crippen molar-refractivity contribution in [2.75, 3.05) is 26.6 Å². The van der Waals surface area contributed by atoms with Gasteiger partial charge in [-0.25, -0.2) is 0 Å². The Balaban J connectivity index is 2.07. The van der Waals surface area contributed by atoms with E-state index >= 15 is 0 Å². The summed E-state index contributed by atoms with van der Waals surface area (Å²) in [4.78, 5) is 12.4. The number of ether oxygens (including phenoxy) is 3. The van der Waals surface area contributed by atoms with Gasteiger partial charge in [-0.2, -0.15) is 0 Å². The number of hydrazine groups is 1. The number of nitrogens with one attached hydrogen (secondary N) is 3. The largest absolute Gasteiger partial charge is 0.493 e. The van der Waals surface area contributed by atoms with Crippen molar-refractivity contribution in [2.45, 2.75) is 6.92 Å². The molecule has 0 saturated heterocycles. The molecule has 3 N–H and O–H groups in total. The van der Waals surface area contributed by atoms with E-state index in [-0.39, 0.29) is 5.11 Å². The smallest absolute Gasteiger partial charge is 0.269 e. The van der Waals surface area contributed by atoms with Gasteiger partial charge in [0.2, 0.25) is 5.75 Å². The van der Waals surface area contributed by atoms with Crippen molar-refractivity contribution in [3.05, 3.63) is 46.5 Å². The number of hydrogen-bond acceptors (Lipinski definition) is 5. The normalized spacial score (nSPS) is 9.96. The zero-order valence-electron chi connectivity index (χ0n) is 15.3. The fraction of sp³-hybridized carbons (Fsp3) is 0.222. The zero-order valence-corrected chi connectivity index (χ0v) is 16.9. The number of thiocarbonyl (C=S) groups is 1. The van der Waals surface area contributed by atoms with Crippen LogP contribution >= 0.6 is 23.8 Å². The summed E-state index contributed by atoms with van der Waals surface area (Å²) in [5, 5.41) is 3.80. The Hall–Kier alpha value is -2.71. The van der Waals surface area contributed by atoms with Crippen LogP contribution in [0.3, 0.4) is 0 Å². The Morgan fingerprint density at radius 2 is 1.67 bits per heavy atom. The van der Waals surface area contributed by atoms with Gasteiger partial charge in [-0.3, -0.25) is 15.6 Å². The van der Waals surface area contributed by atoms with Crippen LogP contribution < -0.4 is 30.4 Å². The summed E-state index contributed by atoms with van der Waals surface area (Å²) in [7, 11) is 4.44. The highest BCUT2D eigenvalue weighted by Crippen LogP contribution is 2.38. The second-order valence-corrected chi connectivity index (χ2v) is 6.18. The monoisotopic (exact) mass is 409 g/mol. The molecule has 144 valence electrons. The van der Waals surface area contributed by atoms with E-state index in [1.165, 1.54) is 33.5 Å². The summed E-state index contributed by atoms with van der Waals surface area (Å²) in [5.41, 5.74) is 7.05. The molecule has 0 aliphatic rings. The van der Waals surface area contributed by atoms with E-state index in [1.54, 1.807) is 12.1 Å². The molecule has 9 heteroatoms. The van der Waals surface area contributed by atoms with Gasteiger partial charge in [-0.05, 0) is 49.0 Å². The van der Waals surface area contributed by atoms with Gasteiger partial charge in [0.15, 0.2) is 16.6 Å². The van der Waals surface area contributed by atoms with E-state index in [0.29, 0.717) is 27.8 Å². The van der Waals surface area contributed by atoms with Gasteiger partial charge in [0.1, 0.15) is 0 Å². The average Bonchev–Trinajstić information content (AvgIpc) is 2.68. The van der Waals surface area contributed by atoms with Crippen molar-refractivity contribution in [3.63, 3.8) is 0 Å². The predicted octanol–water partition coefficient (Wildman–Crippen LogP) is 3.31. The maximum absolute atomic E-state index is 12.4. The number of hydrogen-bond donors (Lipinski definition) is 3. The quantitative estimate of drug-likeness (QED) is 0.516. The third kappa shape index (κ3) is 4.93. The molecule has 0 saturated carbocycles. The van der Waals surface area contributed by atoms with Crippen LogP contribution in [0.4, 0.5) is 5.69 Å². The molecule has 2 aromatic carbocycles. The third-order valence-electron chi connectivity index (χ3n) is 3.73. The molecule has 1 amide bonds. The molecular weight excluding hydrogens is 390 g/mol. The minimum absolute atomic E-state index is 0.209. The lowest BCUT2D eigenvalue weighted by molar-refractivity contribution is 0.0943. The molecule has 0 aromatic heterocycles. The van der Waals surface area contributed by atoms with Crippen LogP contribution in [0.15, 0.2) is 30.3 Å². The van der Waals surface area contributed by atoms with Crippen LogP contribution in [0.1, 0.15) is 15.9 Å². The molecular formula is C18H20ClN3O4S. The lowest BCUT2D eigenvalue weighted by Gasteiger charge is -2.16. The summed E-state index contributed by atoms with van der Waals surface area (Å²) in [6, 6.07) is 8.49. The van der Waals surface area contributed by atoms with Crippen molar-refractivity contribution in [1.29, 1.82) is 0 Å². The molecule has 2 aromatic rings. The summed E-state index contributed by atoms with van der Waals surface area (Å²) >= 11 is 11.3. The standard InChI is InChI=1S/C18H20ClN3O4S/c1-10-12(19)6-5-7-13(10)20-18(27)22-21-17(23)11-8-14(24-2)16(26-4)15(9-11)25-3/h5-9H,1-4H3,(H,21,23)(H2,20,22,27). The Bertz CT molecular complexity index is 835. The first-order valence-electron chi connectivity index (χ1n) is 7.83. The Morgan fingerprint density at radius 3 is 2.22 bits per heavy atom. The summed E-state index contributed by atoms with van der Waals surface area (Å²) < 4.78 is 15.7. The van der Waals surface area contributed by atoms with E-state index < -0.39 is 5.91 Å². The van der Waals surface area contributed by atoms with E-state index in [0.717, 1.165) is 11.3 Å². The number of amides is 1. The Morgan fingerprint density at radius 1 is 1.04 bits per heavy atom. The maximum Gasteiger partial charge on any atom is 0.269 e. The molecule has 0 unspecified atom stereocenters. The maximum atomic E-state index is 12.4. The zero-order chi connectivity index (χ0) is 20.0. The molecule has 2 rings (SSSR count). The van der Waals surface area contributed by atoms with Crippen LogP contribution in [-0.4, -0.2) is 32.3 Å². The van der Waals surface area contributed by atoms with Gasteiger partial charge in [-0.15, -0.1) is 0 Å². The van der Waals surface area contributed by atoms with Crippen LogP contribution in [0.25, 0.3) is 0 Å². The first kappa shape index (κ1) is 20.6. The lowest BCUT2D eigenvalue weighted by atomic mass is 10.1. The van der Waals surface area contributed by atoms with Crippen LogP contribution in [-0.2, 0) is 0 Å². The van der Waals surface area contributed by atoms with Crippen LogP contribution in [0.2, 0.25) is 5.02 Å². The summed E-state index contributed by atoms with van der Waals surface area (Å²) in [6.45, 7) is 1.86.